The molecule has 0 amide bonds. The SMILES string of the molecule is CS(=O)(=O)c1cccc(-c2ccc(-n3cc(-n4cnc(CO)c4)nc3-c3ccccc3C(F)(F)F)cc2)c1. The van der Waals surface area contributed by atoms with Crippen molar-refractivity contribution >= 4 is 9.84 Å². The van der Waals surface area contributed by atoms with Crippen molar-refractivity contribution in [2.45, 2.75) is 17.7 Å². The van der Waals surface area contributed by atoms with Crippen LogP contribution in [0.5, 0.6) is 0 Å². The Morgan fingerprint density at radius 3 is 2.32 bits per heavy atom. The summed E-state index contributed by atoms with van der Waals surface area (Å²) in [6, 6.07) is 18.7. The van der Waals surface area contributed by atoms with Gasteiger partial charge in [-0.2, -0.15) is 13.2 Å². The molecule has 0 spiro atoms. The summed E-state index contributed by atoms with van der Waals surface area (Å²) in [5, 5.41) is 9.36. The van der Waals surface area contributed by atoms with E-state index >= 15 is 0 Å². The van der Waals surface area contributed by atoms with Crippen LogP contribution in [0.1, 0.15) is 11.3 Å². The number of hydrogen-bond acceptors (Lipinski definition) is 5. The number of sulfone groups is 1. The van der Waals surface area contributed by atoms with Crippen LogP contribution in [0.4, 0.5) is 13.2 Å². The van der Waals surface area contributed by atoms with Crippen LogP contribution < -0.4 is 0 Å². The van der Waals surface area contributed by atoms with E-state index in [0.717, 1.165) is 17.9 Å². The first-order valence-electron chi connectivity index (χ1n) is 11.4. The van der Waals surface area contributed by atoms with Gasteiger partial charge in [0, 0.05) is 23.7 Å². The van der Waals surface area contributed by atoms with E-state index in [9.17, 15) is 26.7 Å². The first kappa shape index (κ1) is 25.4. The Hall–Kier alpha value is -4.22. The van der Waals surface area contributed by atoms with Crippen LogP contribution in [0.25, 0.3) is 34.0 Å². The first-order chi connectivity index (χ1) is 18.0. The van der Waals surface area contributed by atoms with Gasteiger partial charge in [0.15, 0.2) is 15.7 Å². The van der Waals surface area contributed by atoms with Crippen molar-refractivity contribution in [3.05, 3.63) is 103 Å². The average Bonchev–Trinajstić information content (AvgIpc) is 3.55. The van der Waals surface area contributed by atoms with Crippen molar-refractivity contribution in [1.82, 2.24) is 19.1 Å². The van der Waals surface area contributed by atoms with E-state index in [-0.39, 0.29) is 22.9 Å². The molecule has 7 nitrogen and oxygen atoms in total. The van der Waals surface area contributed by atoms with Crippen molar-refractivity contribution in [3.63, 3.8) is 0 Å². The number of aliphatic hydroxyl groups is 1. The topological polar surface area (TPSA) is 90.0 Å². The van der Waals surface area contributed by atoms with Gasteiger partial charge in [0.05, 0.1) is 29.0 Å². The van der Waals surface area contributed by atoms with E-state index in [1.807, 2.05) is 0 Å². The van der Waals surface area contributed by atoms with Gasteiger partial charge in [-0.1, -0.05) is 42.5 Å². The fourth-order valence-corrected chi connectivity index (χ4v) is 4.76. The molecule has 0 atom stereocenters. The third-order valence-corrected chi connectivity index (χ3v) is 7.08. The molecule has 194 valence electrons. The van der Waals surface area contributed by atoms with Gasteiger partial charge in [-0.25, -0.2) is 18.4 Å². The molecule has 5 rings (SSSR count). The Bertz CT molecular complexity index is 1720. The Labute approximate surface area is 216 Å². The smallest absolute Gasteiger partial charge is 0.390 e. The number of rotatable bonds is 6. The Morgan fingerprint density at radius 1 is 0.921 bits per heavy atom. The van der Waals surface area contributed by atoms with Gasteiger partial charge in [-0.15, -0.1) is 0 Å². The number of nitrogens with zero attached hydrogens (tertiary/aromatic N) is 4. The van der Waals surface area contributed by atoms with Crippen molar-refractivity contribution in [2.75, 3.05) is 6.26 Å². The standard InChI is InChI=1S/C27H21F3N4O3S/c1-38(36,37)22-6-4-5-19(13-22)18-9-11-21(12-10-18)34-15-25(33-14-20(16-35)31-17-33)32-26(34)23-7-2-3-8-24(23)27(28,29)30/h2-15,17,35H,16H2,1H3. The summed E-state index contributed by atoms with van der Waals surface area (Å²) in [6.45, 7) is -0.292. The lowest BCUT2D eigenvalue weighted by Gasteiger charge is -2.14. The molecule has 3 aromatic carbocycles. The molecule has 0 aliphatic rings. The Balaban J connectivity index is 1.63. The maximum absolute atomic E-state index is 13.9. The quantitative estimate of drug-likeness (QED) is 0.317. The second kappa shape index (κ2) is 9.58. The van der Waals surface area contributed by atoms with E-state index < -0.39 is 21.6 Å². The number of aliphatic hydroxyl groups excluding tert-OH is 1. The average molecular weight is 539 g/mol. The highest BCUT2D eigenvalue weighted by Gasteiger charge is 2.34. The molecule has 0 saturated carbocycles. The summed E-state index contributed by atoms with van der Waals surface area (Å²) in [7, 11) is -3.39. The summed E-state index contributed by atoms with van der Waals surface area (Å²) < 4.78 is 68.6. The third kappa shape index (κ3) is 4.98. The summed E-state index contributed by atoms with van der Waals surface area (Å²) >= 11 is 0. The molecule has 38 heavy (non-hydrogen) atoms. The summed E-state index contributed by atoms with van der Waals surface area (Å²) in [6.07, 6.45) is 1.10. The van der Waals surface area contributed by atoms with Crippen molar-refractivity contribution in [1.29, 1.82) is 0 Å². The van der Waals surface area contributed by atoms with Gasteiger partial charge in [0.25, 0.3) is 0 Å². The zero-order chi connectivity index (χ0) is 27.1. The van der Waals surface area contributed by atoms with E-state index in [1.165, 1.54) is 35.2 Å². The molecule has 0 saturated heterocycles. The highest BCUT2D eigenvalue weighted by Crippen LogP contribution is 2.38. The molecule has 2 heterocycles. The molecule has 2 aromatic heterocycles. The molecule has 5 aromatic rings. The fraction of sp³-hybridized carbons (Fsp3) is 0.111. The van der Waals surface area contributed by atoms with Crippen LogP contribution in [-0.4, -0.2) is 38.9 Å². The molecular weight excluding hydrogens is 517 g/mol. The van der Waals surface area contributed by atoms with Gasteiger partial charge in [-0.05, 0) is 41.5 Å². The lowest BCUT2D eigenvalue weighted by molar-refractivity contribution is -0.137. The number of imidazole rings is 2. The predicted molar refractivity (Wildman–Crippen MR) is 136 cm³/mol. The highest BCUT2D eigenvalue weighted by molar-refractivity contribution is 7.90. The summed E-state index contributed by atoms with van der Waals surface area (Å²) in [5.74, 6) is 0.383. The summed E-state index contributed by atoms with van der Waals surface area (Å²) in [4.78, 5) is 8.76. The molecular formula is C27H21F3N4O3S. The molecule has 0 radical (unpaired) electrons. The molecule has 1 N–H and O–H groups in total. The minimum atomic E-state index is -4.60. The minimum absolute atomic E-state index is 0.0685. The minimum Gasteiger partial charge on any atom is -0.390 e. The normalized spacial score (nSPS) is 12.1. The highest BCUT2D eigenvalue weighted by atomic mass is 32.2. The number of hydrogen-bond donors (Lipinski definition) is 1. The van der Waals surface area contributed by atoms with E-state index in [1.54, 1.807) is 59.4 Å². The van der Waals surface area contributed by atoms with Gasteiger partial charge < -0.3 is 5.11 Å². The number of aromatic nitrogens is 4. The summed E-state index contributed by atoms with van der Waals surface area (Å²) in [5.41, 5.74) is 1.43. The third-order valence-electron chi connectivity index (χ3n) is 5.97. The van der Waals surface area contributed by atoms with Crippen LogP contribution in [0.2, 0.25) is 0 Å². The number of benzene rings is 3. The molecule has 0 bridgehead atoms. The maximum atomic E-state index is 13.9. The fourth-order valence-electron chi connectivity index (χ4n) is 4.10. The Kier molecular flexibility index (Phi) is 6.41. The largest absolute Gasteiger partial charge is 0.417 e. The lowest BCUT2D eigenvalue weighted by atomic mass is 10.0. The molecule has 0 aliphatic carbocycles. The van der Waals surface area contributed by atoms with Crippen LogP contribution in [0, 0.1) is 0 Å². The molecule has 0 unspecified atom stereocenters. The maximum Gasteiger partial charge on any atom is 0.417 e. The zero-order valence-electron chi connectivity index (χ0n) is 20.0. The predicted octanol–water partition coefficient (Wildman–Crippen LogP) is 5.31. The number of alkyl halides is 3. The van der Waals surface area contributed by atoms with Gasteiger partial charge >= 0.3 is 6.18 Å². The molecule has 11 heteroatoms. The van der Waals surface area contributed by atoms with Gasteiger partial charge in [-0.3, -0.25) is 9.13 Å². The van der Waals surface area contributed by atoms with Gasteiger partial charge in [0.1, 0.15) is 12.2 Å². The molecule has 0 fully saturated rings. The first-order valence-corrected chi connectivity index (χ1v) is 13.2. The van der Waals surface area contributed by atoms with Crippen molar-refractivity contribution < 1.29 is 26.7 Å². The second-order valence-corrected chi connectivity index (χ2v) is 10.6. The monoisotopic (exact) mass is 538 g/mol. The van der Waals surface area contributed by atoms with Crippen LogP contribution in [-0.2, 0) is 22.6 Å². The van der Waals surface area contributed by atoms with E-state index in [0.29, 0.717) is 22.8 Å². The van der Waals surface area contributed by atoms with E-state index in [4.69, 9.17) is 0 Å². The van der Waals surface area contributed by atoms with Crippen molar-refractivity contribution in [3.8, 4) is 34.0 Å². The van der Waals surface area contributed by atoms with Crippen LogP contribution in [0.3, 0.4) is 0 Å². The Morgan fingerprint density at radius 2 is 1.66 bits per heavy atom. The lowest BCUT2D eigenvalue weighted by Crippen LogP contribution is -2.09. The second-order valence-electron chi connectivity index (χ2n) is 8.61. The molecule has 0 aliphatic heterocycles. The van der Waals surface area contributed by atoms with Crippen molar-refractivity contribution in [2.24, 2.45) is 0 Å². The van der Waals surface area contributed by atoms with Gasteiger partial charge in [0.2, 0.25) is 0 Å². The zero-order valence-corrected chi connectivity index (χ0v) is 20.8. The van der Waals surface area contributed by atoms with E-state index in [2.05, 4.69) is 9.97 Å². The number of halogens is 3. The van der Waals surface area contributed by atoms with Crippen LogP contribution >= 0.6 is 0 Å². The van der Waals surface area contributed by atoms with Crippen LogP contribution in [0.15, 0.2) is 96.4 Å².